The number of para-hydroxylation sites is 1. The molecule has 0 bridgehead atoms. The maximum Gasteiger partial charge on any atom is 0.350 e. The number of ketones is 1. The van der Waals surface area contributed by atoms with Crippen molar-refractivity contribution in [2.45, 2.75) is 26.8 Å². The van der Waals surface area contributed by atoms with Gasteiger partial charge in [0.25, 0.3) is 5.78 Å². The number of ether oxygens (including phenoxy) is 4. The van der Waals surface area contributed by atoms with Crippen LogP contribution in [0.3, 0.4) is 0 Å². The molecule has 4 rings (SSSR count). The van der Waals surface area contributed by atoms with E-state index in [2.05, 4.69) is 4.98 Å². The van der Waals surface area contributed by atoms with Crippen LogP contribution in [0.2, 0.25) is 0 Å². The van der Waals surface area contributed by atoms with Crippen molar-refractivity contribution in [3.8, 4) is 17.2 Å². The molecular weight excluding hydrogens is 524 g/mol. The lowest BCUT2D eigenvalue weighted by molar-refractivity contribution is -0.132. The standard InChI is InChI=1S/C28H28N2O8S/c1-7-38-27(34)25-15(3)29-28(39-25)30-21(18-9-8-10-19(36-5)24(18)37-6)20(23(32)26(30)33)22(31)17-12-11-16(35-4)13-14(17)2/h8-13,21,31H,7H2,1-6H3. The number of anilines is 1. The Bertz CT molecular complexity index is 1490. The molecule has 1 saturated heterocycles. The summed E-state index contributed by atoms with van der Waals surface area (Å²) in [4.78, 5) is 45.5. The summed E-state index contributed by atoms with van der Waals surface area (Å²) in [5.41, 5.74) is 1.55. The minimum atomic E-state index is -1.14. The van der Waals surface area contributed by atoms with Crippen molar-refractivity contribution in [2.75, 3.05) is 32.8 Å². The van der Waals surface area contributed by atoms with Gasteiger partial charge >= 0.3 is 11.9 Å². The van der Waals surface area contributed by atoms with Gasteiger partial charge < -0.3 is 24.1 Å². The quantitative estimate of drug-likeness (QED) is 0.185. The average Bonchev–Trinajstić information content (AvgIpc) is 3.44. The fourth-order valence-electron chi connectivity index (χ4n) is 4.50. The van der Waals surface area contributed by atoms with Crippen molar-refractivity contribution in [2.24, 2.45) is 0 Å². The van der Waals surface area contributed by atoms with Gasteiger partial charge in [-0.05, 0) is 50.6 Å². The van der Waals surface area contributed by atoms with Crippen molar-refractivity contribution in [3.63, 3.8) is 0 Å². The highest BCUT2D eigenvalue weighted by molar-refractivity contribution is 7.17. The van der Waals surface area contributed by atoms with E-state index >= 15 is 0 Å². The number of rotatable bonds is 8. The largest absolute Gasteiger partial charge is 0.507 e. The average molecular weight is 553 g/mol. The van der Waals surface area contributed by atoms with Gasteiger partial charge in [-0.25, -0.2) is 9.78 Å². The summed E-state index contributed by atoms with van der Waals surface area (Å²) in [7, 11) is 4.43. The van der Waals surface area contributed by atoms with Crippen molar-refractivity contribution in [1.29, 1.82) is 0 Å². The van der Waals surface area contributed by atoms with Gasteiger partial charge in [0, 0.05) is 11.1 Å². The number of hydrogen-bond acceptors (Lipinski definition) is 10. The Labute approximate surface area is 229 Å². The zero-order chi connectivity index (χ0) is 28.4. The van der Waals surface area contributed by atoms with E-state index in [1.54, 1.807) is 57.2 Å². The maximum absolute atomic E-state index is 13.6. The van der Waals surface area contributed by atoms with Crippen LogP contribution in [0.25, 0.3) is 5.76 Å². The van der Waals surface area contributed by atoms with E-state index in [9.17, 15) is 19.5 Å². The number of methoxy groups -OCH3 is 3. The molecule has 3 aromatic rings. The summed E-state index contributed by atoms with van der Waals surface area (Å²) in [5.74, 6) is -1.58. The van der Waals surface area contributed by atoms with Gasteiger partial charge in [-0.3, -0.25) is 14.5 Å². The third-order valence-corrected chi connectivity index (χ3v) is 7.45. The lowest BCUT2D eigenvalue weighted by Gasteiger charge is -2.25. The second kappa shape index (κ2) is 11.2. The number of thiazole rings is 1. The number of hydrogen-bond donors (Lipinski definition) is 1. The minimum absolute atomic E-state index is 0.0954. The van der Waals surface area contributed by atoms with Crippen LogP contribution in [0.4, 0.5) is 5.13 Å². The zero-order valence-corrected chi connectivity index (χ0v) is 23.2. The summed E-state index contributed by atoms with van der Waals surface area (Å²) in [6, 6.07) is 8.87. The fourth-order valence-corrected chi connectivity index (χ4v) is 5.48. The minimum Gasteiger partial charge on any atom is -0.507 e. The van der Waals surface area contributed by atoms with Crippen molar-refractivity contribution in [3.05, 3.63) is 69.2 Å². The SMILES string of the molecule is CCOC(=O)c1sc(N2C(=O)C(=O)C(=C(O)c3ccc(OC)cc3C)C2c2cccc(OC)c2OC)nc1C. The summed E-state index contributed by atoms with van der Waals surface area (Å²) >= 11 is 0.924. The van der Waals surface area contributed by atoms with E-state index in [-0.39, 0.29) is 33.7 Å². The van der Waals surface area contributed by atoms with Crippen LogP contribution in [0, 0.1) is 13.8 Å². The molecule has 10 nitrogen and oxygen atoms in total. The number of benzene rings is 2. The molecule has 1 amide bonds. The molecular formula is C28H28N2O8S. The van der Waals surface area contributed by atoms with E-state index in [0.717, 1.165) is 11.3 Å². The smallest absolute Gasteiger partial charge is 0.350 e. The van der Waals surface area contributed by atoms with E-state index in [1.165, 1.54) is 26.2 Å². The Morgan fingerprint density at radius 1 is 1.08 bits per heavy atom. The van der Waals surface area contributed by atoms with Gasteiger partial charge in [-0.15, -0.1) is 0 Å². The molecule has 0 radical (unpaired) electrons. The van der Waals surface area contributed by atoms with Crippen molar-refractivity contribution >= 4 is 39.9 Å². The van der Waals surface area contributed by atoms with Crippen LogP contribution in [0.15, 0.2) is 42.0 Å². The zero-order valence-electron chi connectivity index (χ0n) is 22.4. The van der Waals surface area contributed by atoms with Crippen LogP contribution in [0.5, 0.6) is 17.2 Å². The Kier molecular flexibility index (Phi) is 7.91. The van der Waals surface area contributed by atoms with Crippen molar-refractivity contribution in [1.82, 2.24) is 4.98 Å². The summed E-state index contributed by atoms with van der Waals surface area (Å²) in [6.45, 7) is 5.22. The highest BCUT2D eigenvalue weighted by atomic mass is 32.1. The molecule has 0 spiro atoms. The molecule has 2 heterocycles. The Morgan fingerprint density at radius 3 is 2.44 bits per heavy atom. The summed E-state index contributed by atoms with van der Waals surface area (Å²) in [5, 5.41) is 11.6. The lowest BCUT2D eigenvalue weighted by Crippen LogP contribution is -2.29. The first-order valence-corrected chi connectivity index (χ1v) is 12.8. The topological polar surface area (TPSA) is 124 Å². The number of esters is 1. The molecule has 1 atom stereocenters. The third kappa shape index (κ3) is 4.81. The monoisotopic (exact) mass is 552 g/mol. The first-order valence-electron chi connectivity index (χ1n) is 12.0. The van der Waals surface area contributed by atoms with Gasteiger partial charge in [0.05, 0.1) is 39.2 Å². The number of aliphatic hydroxyl groups excluding tert-OH is 1. The summed E-state index contributed by atoms with van der Waals surface area (Å²) < 4.78 is 21.5. The number of carbonyl (C=O) groups is 3. The fraction of sp³-hybridized carbons (Fsp3) is 0.286. The predicted molar refractivity (Wildman–Crippen MR) is 145 cm³/mol. The second-order valence-corrected chi connectivity index (χ2v) is 9.54. The Morgan fingerprint density at radius 2 is 1.82 bits per heavy atom. The molecule has 1 unspecified atom stereocenters. The molecule has 1 aromatic heterocycles. The van der Waals surface area contributed by atoms with Gasteiger partial charge in [-0.1, -0.05) is 23.5 Å². The van der Waals surface area contributed by atoms with E-state index in [1.807, 2.05) is 0 Å². The lowest BCUT2D eigenvalue weighted by atomic mass is 9.93. The third-order valence-electron chi connectivity index (χ3n) is 6.31. The number of amides is 1. The van der Waals surface area contributed by atoms with Gasteiger partial charge in [0.2, 0.25) is 0 Å². The number of Topliss-reactive ketones (excluding diaryl/α,β-unsaturated/α-hetero) is 1. The molecule has 11 heteroatoms. The van der Waals surface area contributed by atoms with Crippen LogP contribution in [0.1, 0.15) is 45.0 Å². The predicted octanol–water partition coefficient (Wildman–Crippen LogP) is 4.59. The molecule has 1 N–H and O–H groups in total. The maximum atomic E-state index is 13.6. The van der Waals surface area contributed by atoms with Crippen LogP contribution >= 0.6 is 11.3 Å². The molecule has 0 saturated carbocycles. The highest BCUT2D eigenvalue weighted by Gasteiger charge is 2.49. The van der Waals surface area contributed by atoms with Gasteiger partial charge in [0.1, 0.15) is 22.4 Å². The number of nitrogens with zero attached hydrogens (tertiary/aromatic N) is 2. The van der Waals surface area contributed by atoms with Gasteiger partial charge in [-0.2, -0.15) is 0 Å². The number of aryl methyl sites for hydroxylation is 2. The van der Waals surface area contributed by atoms with Crippen molar-refractivity contribution < 1.29 is 38.4 Å². The van der Waals surface area contributed by atoms with E-state index in [4.69, 9.17) is 18.9 Å². The van der Waals surface area contributed by atoms with E-state index in [0.29, 0.717) is 33.9 Å². The number of carbonyl (C=O) groups excluding carboxylic acids is 3. The first-order chi connectivity index (χ1) is 18.7. The Balaban J connectivity index is 2.00. The molecule has 39 heavy (non-hydrogen) atoms. The second-order valence-electron chi connectivity index (χ2n) is 8.56. The molecule has 1 aliphatic heterocycles. The summed E-state index contributed by atoms with van der Waals surface area (Å²) in [6.07, 6.45) is 0. The van der Waals surface area contributed by atoms with Crippen LogP contribution < -0.4 is 19.1 Å². The van der Waals surface area contributed by atoms with Crippen LogP contribution in [-0.4, -0.2) is 55.7 Å². The first kappa shape index (κ1) is 27.6. The van der Waals surface area contributed by atoms with E-state index < -0.39 is 23.7 Å². The molecule has 1 fully saturated rings. The normalized spacial score (nSPS) is 16.4. The Hall–Kier alpha value is -4.38. The number of aliphatic hydroxyl groups is 1. The highest BCUT2D eigenvalue weighted by Crippen LogP contribution is 2.48. The molecule has 204 valence electrons. The molecule has 2 aromatic carbocycles. The molecule has 1 aliphatic rings. The van der Waals surface area contributed by atoms with Crippen LogP contribution in [-0.2, 0) is 14.3 Å². The van der Waals surface area contributed by atoms with Gasteiger partial charge in [0.15, 0.2) is 16.6 Å². The number of aromatic nitrogens is 1. The molecule has 0 aliphatic carbocycles.